The Bertz CT molecular complexity index is 1180. The van der Waals surface area contributed by atoms with Crippen molar-refractivity contribution >= 4 is 29.3 Å². The molecule has 2 aliphatic rings. The molecular formula is C29H30ClNO3S. The zero-order valence-corrected chi connectivity index (χ0v) is 21.6. The van der Waals surface area contributed by atoms with Crippen LogP contribution in [0.1, 0.15) is 47.2 Å². The quantitative estimate of drug-likeness (QED) is 0.318. The smallest absolute Gasteiger partial charge is 0.254 e. The number of benzene rings is 3. The Morgan fingerprint density at radius 3 is 2.43 bits per heavy atom. The van der Waals surface area contributed by atoms with Gasteiger partial charge in [-0.25, -0.2) is 0 Å². The van der Waals surface area contributed by atoms with Crippen LogP contribution in [0.15, 0.2) is 71.6 Å². The number of carbonyl (C=O) groups is 1. The van der Waals surface area contributed by atoms with Crippen molar-refractivity contribution in [3.63, 3.8) is 0 Å². The summed E-state index contributed by atoms with van der Waals surface area (Å²) in [6, 6.07) is 22.4. The lowest BCUT2D eigenvalue weighted by Gasteiger charge is -2.39. The molecular weight excluding hydrogens is 478 g/mol. The molecule has 0 saturated carbocycles. The molecule has 2 fully saturated rings. The number of para-hydroxylation sites is 1. The van der Waals surface area contributed by atoms with Crippen LogP contribution in [-0.4, -0.2) is 36.1 Å². The summed E-state index contributed by atoms with van der Waals surface area (Å²) in [6.45, 7) is 2.04. The van der Waals surface area contributed by atoms with Gasteiger partial charge < -0.3 is 14.4 Å². The fraction of sp³-hybridized carbons (Fsp3) is 0.345. The molecule has 35 heavy (non-hydrogen) atoms. The molecule has 0 aliphatic carbocycles. The molecule has 0 spiro atoms. The van der Waals surface area contributed by atoms with Crippen molar-refractivity contribution in [3.05, 3.63) is 88.4 Å². The lowest BCUT2D eigenvalue weighted by molar-refractivity contribution is 0.0359. The van der Waals surface area contributed by atoms with Crippen molar-refractivity contribution in [2.45, 2.75) is 61.4 Å². The number of aryl methyl sites for hydroxylation is 1. The maximum absolute atomic E-state index is 13.4. The van der Waals surface area contributed by atoms with Crippen molar-refractivity contribution in [1.82, 2.24) is 4.90 Å². The first kappa shape index (κ1) is 24.1. The summed E-state index contributed by atoms with van der Waals surface area (Å²) in [7, 11) is 1.69. The number of piperidine rings is 1. The van der Waals surface area contributed by atoms with Crippen molar-refractivity contribution < 1.29 is 14.3 Å². The van der Waals surface area contributed by atoms with Gasteiger partial charge in [-0.1, -0.05) is 41.9 Å². The van der Waals surface area contributed by atoms with E-state index in [1.54, 1.807) is 18.9 Å². The fourth-order valence-corrected chi connectivity index (χ4v) is 6.37. The number of methoxy groups -OCH3 is 1. The van der Waals surface area contributed by atoms with Gasteiger partial charge in [-0.15, -0.1) is 11.8 Å². The minimum Gasteiger partial charge on any atom is -0.496 e. The van der Waals surface area contributed by atoms with E-state index in [1.165, 1.54) is 5.56 Å². The predicted octanol–water partition coefficient (Wildman–Crippen LogP) is 7.16. The number of ether oxygens (including phenoxy) is 2. The summed E-state index contributed by atoms with van der Waals surface area (Å²) in [5.41, 5.74) is 3.07. The molecule has 3 aromatic carbocycles. The lowest BCUT2D eigenvalue weighted by atomic mass is 9.98. The van der Waals surface area contributed by atoms with Gasteiger partial charge in [-0.05, 0) is 67.3 Å². The van der Waals surface area contributed by atoms with Gasteiger partial charge in [0.1, 0.15) is 17.6 Å². The van der Waals surface area contributed by atoms with Crippen molar-refractivity contribution in [2.24, 2.45) is 0 Å². The molecule has 0 unspecified atom stereocenters. The first-order chi connectivity index (χ1) is 17.0. The van der Waals surface area contributed by atoms with E-state index < -0.39 is 0 Å². The van der Waals surface area contributed by atoms with Gasteiger partial charge in [-0.2, -0.15) is 0 Å². The first-order valence-electron chi connectivity index (χ1n) is 12.1. The normalized spacial score (nSPS) is 21.1. The van der Waals surface area contributed by atoms with Crippen LogP contribution in [0.3, 0.4) is 0 Å². The molecule has 6 heteroatoms. The highest BCUT2D eigenvalue weighted by Gasteiger charge is 2.44. The zero-order chi connectivity index (χ0) is 24.4. The van der Waals surface area contributed by atoms with Crippen molar-refractivity contribution in [1.29, 1.82) is 0 Å². The summed E-state index contributed by atoms with van der Waals surface area (Å²) >= 11 is 8.09. The fourth-order valence-electron chi connectivity index (χ4n) is 5.23. The topological polar surface area (TPSA) is 38.8 Å². The van der Waals surface area contributed by atoms with E-state index in [0.717, 1.165) is 59.0 Å². The highest BCUT2D eigenvalue weighted by atomic mass is 35.5. The molecule has 5 rings (SSSR count). The number of nitrogens with zero attached hydrogens (tertiary/aromatic N) is 1. The third-order valence-corrected chi connectivity index (χ3v) is 8.41. The van der Waals surface area contributed by atoms with Gasteiger partial charge in [-0.3, -0.25) is 4.79 Å². The number of halogens is 1. The Morgan fingerprint density at radius 2 is 1.71 bits per heavy atom. The molecule has 0 aromatic heterocycles. The van der Waals surface area contributed by atoms with Crippen molar-refractivity contribution in [2.75, 3.05) is 7.11 Å². The molecule has 2 heterocycles. The number of fused-ring (bicyclic) bond motifs is 2. The Morgan fingerprint density at radius 1 is 1.00 bits per heavy atom. The molecule has 2 bridgehead atoms. The van der Waals surface area contributed by atoms with Crippen LogP contribution < -0.4 is 9.47 Å². The molecule has 2 atom stereocenters. The van der Waals surface area contributed by atoms with E-state index in [4.69, 9.17) is 21.1 Å². The van der Waals surface area contributed by atoms with Gasteiger partial charge >= 0.3 is 0 Å². The van der Waals surface area contributed by atoms with Crippen LogP contribution >= 0.6 is 23.4 Å². The van der Waals surface area contributed by atoms with Crippen LogP contribution in [0.5, 0.6) is 11.5 Å². The molecule has 0 N–H and O–H groups in total. The Balaban J connectivity index is 1.21. The van der Waals surface area contributed by atoms with E-state index in [-0.39, 0.29) is 24.1 Å². The number of amides is 1. The highest BCUT2D eigenvalue weighted by molar-refractivity contribution is 7.98. The van der Waals surface area contributed by atoms with Crippen LogP contribution in [0.25, 0.3) is 0 Å². The molecule has 3 aromatic rings. The van der Waals surface area contributed by atoms with Gasteiger partial charge in [0.2, 0.25) is 0 Å². The third-order valence-electron chi connectivity index (χ3n) is 6.97. The highest BCUT2D eigenvalue weighted by Crippen LogP contribution is 2.39. The predicted molar refractivity (Wildman–Crippen MR) is 142 cm³/mol. The summed E-state index contributed by atoms with van der Waals surface area (Å²) < 4.78 is 11.7. The number of rotatable bonds is 7. The molecule has 182 valence electrons. The maximum atomic E-state index is 13.4. The average molecular weight is 508 g/mol. The second-order valence-corrected chi connectivity index (χ2v) is 10.8. The molecule has 0 radical (unpaired) electrons. The van der Waals surface area contributed by atoms with Gasteiger partial charge in [0.05, 0.1) is 12.1 Å². The third kappa shape index (κ3) is 5.31. The summed E-state index contributed by atoms with van der Waals surface area (Å²) in [4.78, 5) is 16.7. The van der Waals surface area contributed by atoms with Crippen LogP contribution in [0.2, 0.25) is 5.02 Å². The number of hydrogen-bond acceptors (Lipinski definition) is 4. The standard InChI is InChI=1S/C29H30ClNO3S/c1-19-7-14-25(30)27(15-19)34-24-16-22-12-13-23(17-24)31(22)29(32)21-10-8-20(9-11-21)18-35-28-6-4-3-5-26(28)33-2/h3-11,14-15,22-24H,12-13,16-18H2,1-2H3/t22-,23-/m0/s1. The SMILES string of the molecule is COc1ccccc1SCc1ccc(C(=O)N2[C@H]3CC[C@H]2CC(Oc2cc(C)ccc2Cl)C3)cc1. The second-order valence-electron chi connectivity index (χ2n) is 9.38. The van der Waals surface area contributed by atoms with Crippen LogP contribution in [0.4, 0.5) is 0 Å². The molecule has 1 amide bonds. The van der Waals surface area contributed by atoms with E-state index in [9.17, 15) is 4.79 Å². The second kappa shape index (κ2) is 10.5. The van der Waals surface area contributed by atoms with Gasteiger partial charge in [0, 0.05) is 41.1 Å². The Kier molecular flexibility index (Phi) is 7.26. The summed E-state index contributed by atoms with van der Waals surface area (Å²) in [6.07, 6.45) is 3.85. The van der Waals surface area contributed by atoms with Crippen LogP contribution in [0, 0.1) is 6.92 Å². The zero-order valence-electron chi connectivity index (χ0n) is 20.1. The molecule has 4 nitrogen and oxygen atoms in total. The van der Waals surface area contributed by atoms with Crippen LogP contribution in [-0.2, 0) is 5.75 Å². The van der Waals surface area contributed by atoms with E-state index in [2.05, 4.69) is 23.1 Å². The minimum absolute atomic E-state index is 0.0882. The number of thioether (sulfide) groups is 1. The van der Waals surface area contributed by atoms with E-state index >= 15 is 0 Å². The largest absolute Gasteiger partial charge is 0.496 e. The molecule has 2 saturated heterocycles. The maximum Gasteiger partial charge on any atom is 0.254 e. The summed E-state index contributed by atoms with van der Waals surface area (Å²) in [5.74, 6) is 2.59. The van der Waals surface area contributed by atoms with Gasteiger partial charge in [0.25, 0.3) is 5.91 Å². The molecule has 2 aliphatic heterocycles. The number of hydrogen-bond donors (Lipinski definition) is 0. The first-order valence-corrected chi connectivity index (χ1v) is 13.5. The van der Waals surface area contributed by atoms with Crippen molar-refractivity contribution in [3.8, 4) is 11.5 Å². The monoisotopic (exact) mass is 507 g/mol. The minimum atomic E-state index is 0.0882. The Hall–Kier alpha value is -2.63. The lowest BCUT2D eigenvalue weighted by Crippen LogP contribution is -2.49. The van der Waals surface area contributed by atoms with E-state index in [0.29, 0.717) is 5.02 Å². The average Bonchev–Trinajstić information content (AvgIpc) is 3.15. The Labute approximate surface area is 216 Å². The van der Waals surface area contributed by atoms with Gasteiger partial charge in [0.15, 0.2) is 0 Å². The number of carbonyl (C=O) groups excluding carboxylic acids is 1. The summed E-state index contributed by atoms with van der Waals surface area (Å²) in [5, 5.41) is 0.644. The van der Waals surface area contributed by atoms with E-state index in [1.807, 2.05) is 55.5 Å².